The van der Waals surface area contributed by atoms with E-state index in [9.17, 15) is 9.59 Å². The van der Waals surface area contributed by atoms with E-state index in [2.05, 4.69) is 25.7 Å². The minimum Gasteiger partial charge on any atom is -0.469 e. The van der Waals surface area contributed by atoms with Gasteiger partial charge in [-0.3, -0.25) is 14.6 Å². The number of esters is 1. The summed E-state index contributed by atoms with van der Waals surface area (Å²) >= 11 is 3.21. The van der Waals surface area contributed by atoms with Gasteiger partial charge in [0.1, 0.15) is 13.5 Å². The van der Waals surface area contributed by atoms with Gasteiger partial charge in [-0.05, 0) is 28.1 Å². The molecule has 0 amide bonds. The Morgan fingerprint density at radius 3 is 2.67 bits per heavy atom. The third-order valence-corrected chi connectivity index (χ3v) is 2.40. The van der Waals surface area contributed by atoms with Gasteiger partial charge in [-0.2, -0.15) is 0 Å². The van der Waals surface area contributed by atoms with Crippen LogP contribution in [0.2, 0.25) is 5.82 Å². The van der Waals surface area contributed by atoms with Crippen LogP contribution in [0.4, 0.5) is 0 Å². The van der Waals surface area contributed by atoms with E-state index < -0.39 is 11.8 Å². The van der Waals surface area contributed by atoms with E-state index in [0.717, 1.165) is 4.47 Å². The Kier molecular flexibility index (Phi) is 4.02. The van der Waals surface area contributed by atoms with Gasteiger partial charge >= 0.3 is 5.97 Å². The number of carbonyl (C=O) groups excluding carboxylic acids is 2. The molecule has 4 nitrogen and oxygen atoms in total. The first-order valence-electron chi connectivity index (χ1n) is 4.30. The summed E-state index contributed by atoms with van der Waals surface area (Å²) in [7, 11) is 2.75. The zero-order valence-electron chi connectivity index (χ0n) is 8.36. The van der Waals surface area contributed by atoms with Gasteiger partial charge in [-0.25, -0.2) is 0 Å². The van der Waals surface area contributed by atoms with E-state index >= 15 is 0 Å². The van der Waals surface area contributed by atoms with Crippen LogP contribution in [0, 0.1) is 0 Å². The largest absolute Gasteiger partial charge is 0.469 e. The number of carbonyl (C=O) groups is 2. The highest BCUT2D eigenvalue weighted by atomic mass is 79.9. The van der Waals surface area contributed by atoms with Gasteiger partial charge in [0, 0.05) is 10.7 Å². The van der Waals surface area contributed by atoms with Gasteiger partial charge in [0.05, 0.1) is 12.9 Å². The first-order valence-corrected chi connectivity index (χ1v) is 5.09. The molecule has 15 heavy (non-hydrogen) atoms. The molecule has 1 rings (SSSR count). The van der Waals surface area contributed by atoms with Crippen molar-refractivity contribution >= 4 is 35.5 Å². The maximum Gasteiger partial charge on any atom is 0.308 e. The maximum atomic E-state index is 11.7. The van der Waals surface area contributed by atoms with Gasteiger partial charge in [-0.1, -0.05) is 0 Å². The summed E-state index contributed by atoms with van der Waals surface area (Å²) in [6.45, 7) is 0. The molecule has 1 heterocycles. The fourth-order valence-corrected chi connectivity index (χ4v) is 1.26. The van der Waals surface area contributed by atoms with Crippen LogP contribution in [0.25, 0.3) is 0 Å². The van der Waals surface area contributed by atoms with Crippen LogP contribution in [0.5, 0.6) is 0 Å². The molecule has 0 fully saturated rings. The number of hydrogen-bond acceptors (Lipinski definition) is 4. The number of halogens is 1. The first-order chi connectivity index (χ1) is 7.06. The summed E-state index contributed by atoms with van der Waals surface area (Å²) < 4.78 is 5.26. The van der Waals surface area contributed by atoms with Crippen molar-refractivity contribution in [1.29, 1.82) is 0 Å². The molecule has 1 aromatic rings. The molecule has 0 aromatic carbocycles. The summed E-state index contributed by atoms with van der Waals surface area (Å²) in [6.07, 6.45) is 1.51. The number of hydrogen-bond donors (Lipinski definition) is 0. The lowest BCUT2D eigenvalue weighted by molar-refractivity contribution is -0.139. The fraction of sp³-hybridized carbons (Fsp3) is 0.222. The topological polar surface area (TPSA) is 56.3 Å². The summed E-state index contributed by atoms with van der Waals surface area (Å²) in [5.41, 5.74) is 0.260. The molecule has 0 spiro atoms. The average Bonchev–Trinajstić information content (AvgIpc) is 2.27. The molecule has 0 aliphatic heterocycles. The van der Waals surface area contributed by atoms with Crippen molar-refractivity contribution in [3.8, 4) is 0 Å². The maximum absolute atomic E-state index is 11.7. The van der Waals surface area contributed by atoms with E-state index in [1.165, 1.54) is 21.2 Å². The minimum atomic E-state index is -0.816. The molecular formula is C9H9BBrNO3. The second-order valence-corrected chi connectivity index (χ2v) is 3.89. The number of Topliss-reactive ketones (excluding diaryl/α,β-unsaturated/α-hetero) is 1. The molecule has 0 N–H and O–H groups in total. The van der Waals surface area contributed by atoms with Crippen molar-refractivity contribution in [3.05, 3.63) is 28.5 Å². The summed E-state index contributed by atoms with van der Waals surface area (Å²) in [6, 6.07) is 3.26. The second-order valence-electron chi connectivity index (χ2n) is 2.97. The Balaban J connectivity index is 2.85. The lowest BCUT2D eigenvalue weighted by Gasteiger charge is -2.06. The van der Waals surface area contributed by atoms with Crippen LogP contribution in [-0.2, 0) is 9.53 Å². The number of aromatic nitrogens is 1. The van der Waals surface area contributed by atoms with Crippen LogP contribution >= 0.6 is 15.9 Å². The highest BCUT2D eigenvalue weighted by Gasteiger charge is 2.23. The number of methoxy groups -OCH3 is 1. The smallest absolute Gasteiger partial charge is 0.308 e. The molecule has 0 saturated heterocycles. The van der Waals surface area contributed by atoms with Crippen molar-refractivity contribution in [1.82, 2.24) is 4.98 Å². The molecule has 0 aliphatic rings. The zero-order valence-corrected chi connectivity index (χ0v) is 9.95. The molecular weight excluding hydrogens is 261 g/mol. The summed E-state index contributed by atoms with van der Waals surface area (Å²) in [5, 5.41) is 0. The van der Waals surface area contributed by atoms with Crippen molar-refractivity contribution in [2.24, 2.45) is 0 Å². The Morgan fingerprint density at radius 2 is 2.20 bits per heavy atom. The fourth-order valence-electron chi connectivity index (χ4n) is 1.03. The lowest BCUT2D eigenvalue weighted by Crippen LogP contribution is -2.20. The average molecular weight is 270 g/mol. The van der Waals surface area contributed by atoms with Gasteiger partial charge in [0.25, 0.3) is 0 Å². The standard InChI is InChI=1S/C9H9BBrNO3/c1-15-9(14)7(10)8(13)6-3-2-5(11)4-12-6/h2-4,7H,10H2,1H3. The van der Waals surface area contributed by atoms with Crippen molar-refractivity contribution in [2.45, 2.75) is 5.82 Å². The molecule has 78 valence electrons. The van der Waals surface area contributed by atoms with Crippen LogP contribution < -0.4 is 0 Å². The highest BCUT2D eigenvalue weighted by Crippen LogP contribution is 2.13. The number of rotatable bonds is 3. The molecule has 0 saturated carbocycles. The third-order valence-electron chi connectivity index (χ3n) is 1.93. The van der Waals surface area contributed by atoms with Crippen LogP contribution in [0.3, 0.4) is 0 Å². The van der Waals surface area contributed by atoms with Gasteiger partial charge < -0.3 is 4.74 Å². The number of ether oxygens (including phenoxy) is 1. The van der Waals surface area contributed by atoms with E-state index in [1.807, 2.05) is 0 Å². The van der Waals surface area contributed by atoms with Gasteiger partial charge in [0.2, 0.25) is 0 Å². The van der Waals surface area contributed by atoms with Gasteiger partial charge in [0.15, 0.2) is 5.78 Å². The lowest BCUT2D eigenvalue weighted by atomic mass is 9.82. The van der Waals surface area contributed by atoms with E-state index in [0.29, 0.717) is 0 Å². The Morgan fingerprint density at radius 1 is 1.53 bits per heavy atom. The number of nitrogens with zero attached hydrogens (tertiary/aromatic N) is 1. The minimum absolute atomic E-state index is 0.260. The van der Waals surface area contributed by atoms with Crippen LogP contribution in [-0.4, -0.2) is 31.7 Å². The van der Waals surface area contributed by atoms with E-state index in [-0.39, 0.29) is 11.5 Å². The normalized spacial score (nSPS) is 11.9. The highest BCUT2D eigenvalue weighted by molar-refractivity contribution is 9.10. The predicted molar refractivity (Wildman–Crippen MR) is 60.6 cm³/mol. The number of ketones is 1. The van der Waals surface area contributed by atoms with Crippen molar-refractivity contribution in [3.63, 3.8) is 0 Å². The first kappa shape index (κ1) is 11.9. The summed E-state index contributed by atoms with van der Waals surface area (Å²) in [4.78, 5) is 26.7. The number of pyridine rings is 1. The molecule has 1 atom stereocenters. The van der Waals surface area contributed by atoms with Crippen LogP contribution in [0.1, 0.15) is 10.5 Å². The van der Waals surface area contributed by atoms with Crippen LogP contribution in [0.15, 0.2) is 22.8 Å². The Hall–Kier alpha value is -1.17. The monoisotopic (exact) mass is 269 g/mol. The molecule has 1 aromatic heterocycles. The van der Waals surface area contributed by atoms with Crippen molar-refractivity contribution < 1.29 is 14.3 Å². The van der Waals surface area contributed by atoms with E-state index in [4.69, 9.17) is 0 Å². The Labute approximate surface area is 96.6 Å². The predicted octanol–water partition coefficient (Wildman–Crippen LogP) is 0.621. The second kappa shape index (κ2) is 5.07. The quantitative estimate of drug-likeness (QED) is 0.349. The molecule has 0 radical (unpaired) electrons. The Bertz CT molecular complexity index is 379. The van der Waals surface area contributed by atoms with E-state index in [1.54, 1.807) is 12.1 Å². The van der Waals surface area contributed by atoms with Gasteiger partial charge in [-0.15, -0.1) is 0 Å². The third kappa shape index (κ3) is 2.89. The molecule has 6 heteroatoms. The SMILES string of the molecule is BC(C(=O)OC)C(=O)c1ccc(Br)cn1. The van der Waals surface area contributed by atoms with Crippen molar-refractivity contribution in [2.75, 3.05) is 7.11 Å². The molecule has 1 unspecified atom stereocenters. The molecule has 0 aliphatic carbocycles. The molecule has 0 bridgehead atoms. The zero-order chi connectivity index (χ0) is 11.4. The summed E-state index contributed by atoms with van der Waals surface area (Å²) in [5.74, 6) is -1.71.